The van der Waals surface area contributed by atoms with Crippen LogP contribution < -0.4 is 10.6 Å². The summed E-state index contributed by atoms with van der Waals surface area (Å²) in [7, 11) is 0. The van der Waals surface area contributed by atoms with Gasteiger partial charge in [0.1, 0.15) is 11.9 Å². The van der Waals surface area contributed by atoms with Crippen LogP contribution in [0.25, 0.3) is 0 Å². The second kappa shape index (κ2) is 7.93. The number of rotatable bonds is 6. The Bertz CT molecular complexity index is 706. The molecule has 0 aromatic heterocycles. The Morgan fingerprint density at radius 1 is 1.40 bits per heavy atom. The molecule has 0 spiro atoms. The predicted molar refractivity (Wildman–Crippen MR) is 82.4 cm³/mol. The van der Waals surface area contributed by atoms with Crippen molar-refractivity contribution in [3.8, 4) is 0 Å². The zero-order valence-electron chi connectivity index (χ0n) is 12.8. The number of ether oxygens (including phenoxy) is 1. The van der Waals surface area contributed by atoms with Gasteiger partial charge in [0.05, 0.1) is 10.6 Å². The molecule has 0 bridgehead atoms. The van der Waals surface area contributed by atoms with E-state index < -0.39 is 53.8 Å². The normalized spacial score (nSPS) is 17.5. The van der Waals surface area contributed by atoms with Gasteiger partial charge >= 0.3 is 11.9 Å². The number of esters is 1. The fourth-order valence-electron chi connectivity index (χ4n) is 2.17. The lowest BCUT2D eigenvalue weighted by atomic mass is 10.1. The number of hydrogen-bond acceptors (Lipinski definition) is 5. The minimum atomic E-state index is -1.52. The number of halogens is 2. The Kier molecular flexibility index (Phi) is 5.92. The van der Waals surface area contributed by atoms with Crippen LogP contribution in [0.2, 0.25) is 5.02 Å². The topological polar surface area (TPSA) is 122 Å². The largest absolute Gasteiger partial charge is 0.480 e. The molecule has 1 aromatic rings. The van der Waals surface area contributed by atoms with E-state index in [1.165, 1.54) is 12.1 Å². The summed E-state index contributed by atoms with van der Waals surface area (Å²) in [4.78, 5) is 46.1. The van der Waals surface area contributed by atoms with Crippen molar-refractivity contribution in [2.24, 2.45) is 0 Å². The van der Waals surface area contributed by atoms with Gasteiger partial charge in [0.25, 0.3) is 11.8 Å². The summed E-state index contributed by atoms with van der Waals surface area (Å²) in [5, 5.41) is 13.3. The van der Waals surface area contributed by atoms with E-state index in [9.17, 15) is 23.6 Å². The van der Waals surface area contributed by atoms with Crippen LogP contribution in [-0.2, 0) is 19.1 Å². The van der Waals surface area contributed by atoms with E-state index in [4.69, 9.17) is 21.4 Å². The Morgan fingerprint density at radius 2 is 2.12 bits per heavy atom. The average Bonchev–Trinajstić information content (AvgIpc) is 2.97. The number of carbonyl (C=O) groups is 4. The number of carboxylic acids is 1. The minimum Gasteiger partial charge on any atom is -0.480 e. The highest BCUT2D eigenvalue weighted by Crippen LogP contribution is 2.19. The number of carbonyl (C=O) groups excluding carboxylic acids is 3. The van der Waals surface area contributed by atoms with E-state index in [0.29, 0.717) is 0 Å². The number of benzene rings is 1. The highest BCUT2D eigenvalue weighted by Gasteiger charge is 2.31. The average molecular weight is 373 g/mol. The lowest BCUT2D eigenvalue weighted by Gasteiger charge is -2.17. The summed E-state index contributed by atoms with van der Waals surface area (Å²) in [6.07, 6.45) is -0.693. The molecule has 1 aromatic carbocycles. The van der Waals surface area contributed by atoms with Crippen LogP contribution in [0.3, 0.4) is 0 Å². The van der Waals surface area contributed by atoms with Crippen LogP contribution >= 0.6 is 11.6 Å². The van der Waals surface area contributed by atoms with E-state index in [0.717, 1.165) is 6.07 Å². The zero-order chi connectivity index (χ0) is 18.6. The molecule has 2 amide bonds. The van der Waals surface area contributed by atoms with E-state index in [-0.39, 0.29) is 17.9 Å². The number of amides is 2. The molecule has 0 aliphatic carbocycles. The molecule has 8 nitrogen and oxygen atoms in total. The highest BCUT2D eigenvalue weighted by molar-refractivity contribution is 6.33. The number of aliphatic carboxylic acids is 1. The first-order valence-electron chi connectivity index (χ1n) is 7.24. The monoisotopic (exact) mass is 372 g/mol. The molecule has 1 fully saturated rings. The lowest BCUT2D eigenvalue weighted by Crippen LogP contribution is -2.50. The Hall–Kier alpha value is -2.68. The maximum Gasteiger partial charge on any atom is 0.328 e. The van der Waals surface area contributed by atoms with Crippen LogP contribution in [0.1, 0.15) is 23.2 Å². The van der Waals surface area contributed by atoms with Crippen molar-refractivity contribution < 1.29 is 33.4 Å². The van der Waals surface area contributed by atoms with E-state index in [2.05, 4.69) is 10.6 Å². The molecule has 1 heterocycles. The number of hydrogen-bond donors (Lipinski definition) is 3. The molecule has 2 rings (SSSR count). The van der Waals surface area contributed by atoms with Gasteiger partial charge in [-0.15, -0.1) is 0 Å². The number of nitrogens with one attached hydrogen (secondary N) is 2. The number of cyclic esters (lactones) is 1. The molecule has 25 heavy (non-hydrogen) atoms. The van der Waals surface area contributed by atoms with Crippen molar-refractivity contribution in [2.75, 3.05) is 6.54 Å². The van der Waals surface area contributed by atoms with Gasteiger partial charge in [0, 0.05) is 19.4 Å². The van der Waals surface area contributed by atoms with Crippen molar-refractivity contribution in [3.63, 3.8) is 0 Å². The summed E-state index contributed by atoms with van der Waals surface area (Å²) in [5.74, 6) is -4.56. The van der Waals surface area contributed by atoms with Crippen molar-refractivity contribution in [1.29, 1.82) is 0 Å². The van der Waals surface area contributed by atoms with Crippen molar-refractivity contribution in [3.05, 3.63) is 34.6 Å². The van der Waals surface area contributed by atoms with Gasteiger partial charge in [-0.2, -0.15) is 0 Å². The Morgan fingerprint density at radius 3 is 2.68 bits per heavy atom. The minimum absolute atomic E-state index is 0.100. The quantitative estimate of drug-likeness (QED) is 0.624. The number of carboxylic acid groups (broad SMARTS) is 1. The third-order valence-electron chi connectivity index (χ3n) is 3.45. The molecule has 0 radical (unpaired) electrons. The van der Waals surface area contributed by atoms with Crippen molar-refractivity contribution >= 4 is 35.4 Å². The smallest absolute Gasteiger partial charge is 0.328 e. The van der Waals surface area contributed by atoms with E-state index in [1.807, 2.05) is 0 Å². The molecule has 10 heteroatoms. The van der Waals surface area contributed by atoms with Gasteiger partial charge in [-0.1, -0.05) is 17.7 Å². The summed E-state index contributed by atoms with van der Waals surface area (Å²) in [6, 6.07) is 2.06. The fourth-order valence-corrected chi connectivity index (χ4v) is 2.42. The molecule has 0 unspecified atom stereocenters. The molecule has 1 saturated heterocycles. The van der Waals surface area contributed by atoms with Crippen LogP contribution in [0.4, 0.5) is 4.39 Å². The van der Waals surface area contributed by atoms with Gasteiger partial charge in [0.15, 0.2) is 6.10 Å². The molecule has 134 valence electrons. The second-order valence-electron chi connectivity index (χ2n) is 5.22. The molecule has 1 aliphatic heterocycles. The van der Waals surface area contributed by atoms with E-state index in [1.54, 1.807) is 0 Å². The van der Waals surface area contributed by atoms with Crippen molar-refractivity contribution in [1.82, 2.24) is 10.6 Å². The van der Waals surface area contributed by atoms with Gasteiger partial charge in [-0.25, -0.2) is 9.18 Å². The maximum atomic E-state index is 13.7. The SMILES string of the molecule is O=C1CC[C@@H](C(=O)NC[C@H](NC(=O)c2c(F)cccc2Cl)C(=O)O)O1. The van der Waals surface area contributed by atoms with Crippen LogP contribution in [0, 0.1) is 5.82 Å². The van der Waals surface area contributed by atoms with Gasteiger partial charge in [0.2, 0.25) is 0 Å². The van der Waals surface area contributed by atoms with Crippen LogP contribution in [-0.4, -0.2) is 47.6 Å². The summed E-state index contributed by atoms with van der Waals surface area (Å²) in [6.45, 7) is -0.472. The second-order valence-corrected chi connectivity index (χ2v) is 5.63. The molecular weight excluding hydrogens is 359 g/mol. The Balaban J connectivity index is 1.99. The molecular formula is C15H14ClFN2O6. The first-order valence-corrected chi connectivity index (χ1v) is 7.62. The summed E-state index contributed by atoms with van der Waals surface area (Å²) >= 11 is 5.75. The van der Waals surface area contributed by atoms with E-state index >= 15 is 0 Å². The maximum absolute atomic E-state index is 13.7. The van der Waals surface area contributed by atoms with Crippen molar-refractivity contribution in [2.45, 2.75) is 25.0 Å². The van der Waals surface area contributed by atoms with Gasteiger partial charge in [-0.3, -0.25) is 14.4 Å². The standard InChI is InChI=1S/C15H14ClFN2O6/c16-7-2-1-3-8(17)12(7)14(22)19-9(15(23)24)6-18-13(21)10-4-5-11(20)25-10/h1-3,9-10H,4-6H2,(H,18,21)(H,19,22)(H,23,24)/t9-,10-/m0/s1. The summed E-state index contributed by atoms with van der Waals surface area (Å²) in [5.41, 5.74) is -0.494. The molecule has 3 N–H and O–H groups in total. The molecule has 0 saturated carbocycles. The summed E-state index contributed by atoms with van der Waals surface area (Å²) < 4.78 is 18.4. The van der Waals surface area contributed by atoms with Crippen LogP contribution in [0.5, 0.6) is 0 Å². The first-order chi connectivity index (χ1) is 11.8. The Labute approximate surface area is 146 Å². The zero-order valence-corrected chi connectivity index (χ0v) is 13.5. The molecule has 1 aliphatic rings. The highest BCUT2D eigenvalue weighted by atomic mass is 35.5. The third-order valence-corrected chi connectivity index (χ3v) is 3.77. The lowest BCUT2D eigenvalue weighted by molar-refractivity contribution is -0.148. The van der Waals surface area contributed by atoms with Gasteiger partial charge in [-0.05, 0) is 12.1 Å². The predicted octanol–water partition coefficient (Wildman–Crippen LogP) is 0.484. The fraction of sp³-hybridized carbons (Fsp3) is 0.333. The van der Waals surface area contributed by atoms with Crippen LogP contribution in [0.15, 0.2) is 18.2 Å². The van der Waals surface area contributed by atoms with Gasteiger partial charge < -0.3 is 20.5 Å². The first kappa shape index (κ1) is 18.7. The third kappa shape index (κ3) is 4.66. The molecule has 2 atom stereocenters.